The van der Waals surface area contributed by atoms with E-state index in [0.29, 0.717) is 17.0 Å². The Bertz CT molecular complexity index is 1300. The molecular weight excluding hydrogens is 434 g/mol. The minimum absolute atomic E-state index is 0.0305. The van der Waals surface area contributed by atoms with Crippen molar-refractivity contribution in [1.29, 1.82) is 0 Å². The molecule has 1 aromatic heterocycles. The molecule has 4 aromatic rings. The van der Waals surface area contributed by atoms with Crippen LogP contribution in [0.1, 0.15) is 36.7 Å². The predicted molar refractivity (Wildman–Crippen MR) is 135 cm³/mol. The minimum Gasteiger partial charge on any atom is -0.497 e. The van der Waals surface area contributed by atoms with E-state index < -0.39 is 0 Å². The molecular formula is C26H25N3O3S. The molecule has 0 atom stereocenters. The van der Waals surface area contributed by atoms with Gasteiger partial charge in [0.2, 0.25) is 5.89 Å². The number of fused-ring (bicyclic) bond motifs is 1. The summed E-state index contributed by atoms with van der Waals surface area (Å²) in [5, 5.41) is 5.97. The maximum absolute atomic E-state index is 12.5. The van der Waals surface area contributed by atoms with Crippen LogP contribution in [-0.4, -0.2) is 23.1 Å². The number of rotatable bonds is 4. The Morgan fingerprint density at radius 1 is 1.00 bits per heavy atom. The molecule has 0 aliphatic rings. The summed E-state index contributed by atoms with van der Waals surface area (Å²) in [7, 11) is 1.61. The molecule has 7 heteroatoms. The fourth-order valence-electron chi connectivity index (χ4n) is 3.31. The number of oxazole rings is 1. The summed E-state index contributed by atoms with van der Waals surface area (Å²) >= 11 is 5.31. The number of thiocarbonyl (C=S) groups is 1. The number of methoxy groups -OCH3 is 1. The summed E-state index contributed by atoms with van der Waals surface area (Å²) in [6, 6.07) is 20.5. The van der Waals surface area contributed by atoms with E-state index in [4.69, 9.17) is 21.4 Å². The van der Waals surface area contributed by atoms with Crippen molar-refractivity contribution in [3.8, 4) is 17.2 Å². The molecule has 3 aromatic carbocycles. The lowest BCUT2D eigenvalue weighted by atomic mass is 9.87. The predicted octanol–water partition coefficient (Wildman–Crippen LogP) is 5.93. The summed E-state index contributed by atoms with van der Waals surface area (Å²) in [5.41, 5.74) is 4.73. The molecule has 1 heterocycles. The first kappa shape index (κ1) is 22.5. The van der Waals surface area contributed by atoms with E-state index in [2.05, 4.69) is 36.4 Å². The quantitative estimate of drug-likeness (QED) is 0.369. The third-order valence-electron chi connectivity index (χ3n) is 5.22. The molecule has 0 bridgehead atoms. The molecule has 0 unspecified atom stereocenters. The van der Waals surface area contributed by atoms with Crippen molar-refractivity contribution in [2.24, 2.45) is 0 Å². The second kappa shape index (κ2) is 9.03. The van der Waals surface area contributed by atoms with Crippen LogP contribution in [0.5, 0.6) is 5.75 Å². The lowest BCUT2D eigenvalue weighted by Crippen LogP contribution is -2.34. The van der Waals surface area contributed by atoms with Gasteiger partial charge in [0.25, 0.3) is 5.91 Å². The lowest BCUT2D eigenvalue weighted by molar-refractivity contribution is 0.0977. The highest BCUT2D eigenvalue weighted by Gasteiger charge is 2.15. The van der Waals surface area contributed by atoms with Crippen molar-refractivity contribution >= 4 is 40.0 Å². The average Bonchev–Trinajstić information content (AvgIpc) is 3.22. The van der Waals surface area contributed by atoms with Gasteiger partial charge in [0.15, 0.2) is 10.7 Å². The monoisotopic (exact) mass is 459 g/mol. The Hall–Kier alpha value is -3.71. The third-order valence-corrected chi connectivity index (χ3v) is 5.43. The van der Waals surface area contributed by atoms with Gasteiger partial charge < -0.3 is 14.5 Å². The number of aromatic nitrogens is 1. The Labute approximate surface area is 198 Å². The van der Waals surface area contributed by atoms with Crippen LogP contribution in [0.3, 0.4) is 0 Å². The van der Waals surface area contributed by atoms with Crippen molar-refractivity contribution in [2.45, 2.75) is 26.2 Å². The summed E-state index contributed by atoms with van der Waals surface area (Å²) in [4.78, 5) is 17.0. The molecule has 4 rings (SSSR count). The molecule has 1 amide bonds. The highest BCUT2D eigenvalue weighted by atomic mass is 32.1. The van der Waals surface area contributed by atoms with E-state index in [1.807, 2.05) is 66.7 Å². The zero-order valence-electron chi connectivity index (χ0n) is 18.9. The summed E-state index contributed by atoms with van der Waals surface area (Å²) < 4.78 is 11.1. The average molecular weight is 460 g/mol. The number of amides is 1. The SMILES string of the molecule is COc1ccc2oc(-c3ccc(NC(=S)NC(=O)c4ccc(C(C)(C)C)cc4)cc3)nc2c1. The highest BCUT2D eigenvalue weighted by molar-refractivity contribution is 7.80. The van der Waals surface area contributed by atoms with Crippen LogP contribution < -0.4 is 15.4 Å². The number of hydrogen-bond acceptors (Lipinski definition) is 5. The smallest absolute Gasteiger partial charge is 0.257 e. The van der Waals surface area contributed by atoms with Gasteiger partial charge in [-0.15, -0.1) is 0 Å². The number of nitrogens with zero attached hydrogens (tertiary/aromatic N) is 1. The Morgan fingerprint density at radius 3 is 2.33 bits per heavy atom. The molecule has 0 radical (unpaired) electrons. The normalized spacial score (nSPS) is 11.3. The van der Waals surface area contributed by atoms with Gasteiger partial charge in [0, 0.05) is 22.9 Å². The molecule has 33 heavy (non-hydrogen) atoms. The van der Waals surface area contributed by atoms with Crippen LogP contribution in [0.2, 0.25) is 0 Å². The fraction of sp³-hybridized carbons (Fsp3) is 0.192. The standard InChI is InChI=1S/C26H25N3O3S/c1-26(2,3)18-9-5-16(6-10-18)23(30)29-25(33)27-19-11-7-17(8-12-19)24-28-21-15-20(31-4)13-14-22(21)32-24/h5-15H,1-4H3,(H2,27,29,30,33). The van der Waals surface area contributed by atoms with Gasteiger partial charge in [0.1, 0.15) is 11.3 Å². The second-order valence-electron chi connectivity index (χ2n) is 8.67. The number of carbonyl (C=O) groups is 1. The van der Waals surface area contributed by atoms with E-state index >= 15 is 0 Å². The molecule has 0 saturated heterocycles. The number of carbonyl (C=O) groups excluding carboxylic acids is 1. The maximum Gasteiger partial charge on any atom is 0.257 e. The summed E-state index contributed by atoms with van der Waals surface area (Å²) in [6.07, 6.45) is 0. The molecule has 0 fully saturated rings. The van der Waals surface area contributed by atoms with Gasteiger partial charge in [-0.3, -0.25) is 10.1 Å². The molecule has 6 nitrogen and oxygen atoms in total. The maximum atomic E-state index is 12.5. The summed E-state index contributed by atoms with van der Waals surface area (Å²) in [6.45, 7) is 6.40. The zero-order valence-corrected chi connectivity index (χ0v) is 19.7. The van der Waals surface area contributed by atoms with Crippen LogP contribution in [0.15, 0.2) is 71.1 Å². The van der Waals surface area contributed by atoms with Crippen molar-refractivity contribution in [3.63, 3.8) is 0 Å². The van der Waals surface area contributed by atoms with Crippen molar-refractivity contribution < 1.29 is 13.9 Å². The topological polar surface area (TPSA) is 76.4 Å². The van der Waals surface area contributed by atoms with Crippen LogP contribution >= 0.6 is 12.2 Å². The molecule has 2 N–H and O–H groups in total. The first-order valence-corrected chi connectivity index (χ1v) is 10.9. The number of nitrogens with one attached hydrogen (secondary N) is 2. The molecule has 0 saturated carbocycles. The van der Waals surface area contributed by atoms with E-state index in [1.165, 1.54) is 0 Å². The van der Waals surface area contributed by atoms with Crippen molar-refractivity contribution in [3.05, 3.63) is 77.9 Å². The number of benzene rings is 3. The lowest BCUT2D eigenvalue weighted by Gasteiger charge is -2.19. The van der Waals surface area contributed by atoms with E-state index in [9.17, 15) is 4.79 Å². The van der Waals surface area contributed by atoms with Gasteiger partial charge >= 0.3 is 0 Å². The first-order chi connectivity index (χ1) is 15.7. The van der Waals surface area contributed by atoms with E-state index in [-0.39, 0.29) is 16.4 Å². The zero-order chi connectivity index (χ0) is 23.6. The van der Waals surface area contributed by atoms with Crippen LogP contribution in [-0.2, 0) is 5.41 Å². The number of ether oxygens (including phenoxy) is 1. The molecule has 0 aliphatic heterocycles. The summed E-state index contributed by atoms with van der Waals surface area (Å²) in [5.74, 6) is 0.980. The molecule has 0 spiro atoms. The largest absolute Gasteiger partial charge is 0.497 e. The number of hydrogen-bond donors (Lipinski definition) is 2. The molecule has 0 aliphatic carbocycles. The van der Waals surface area contributed by atoms with Crippen molar-refractivity contribution in [1.82, 2.24) is 10.3 Å². The van der Waals surface area contributed by atoms with Gasteiger partial charge in [-0.05, 0) is 71.7 Å². The first-order valence-electron chi connectivity index (χ1n) is 10.5. The van der Waals surface area contributed by atoms with Crippen molar-refractivity contribution in [2.75, 3.05) is 12.4 Å². The van der Waals surface area contributed by atoms with Crippen LogP contribution in [0.25, 0.3) is 22.6 Å². The highest BCUT2D eigenvalue weighted by Crippen LogP contribution is 2.27. The van der Waals surface area contributed by atoms with Gasteiger partial charge in [-0.25, -0.2) is 4.98 Å². The van der Waals surface area contributed by atoms with Crippen LogP contribution in [0.4, 0.5) is 5.69 Å². The fourth-order valence-corrected chi connectivity index (χ4v) is 3.52. The van der Waals surface area contributed by atoms with Gasteiger partial charge in [-0.1, -0.05) is 32.9 Å². The van der Waals surface area contributed by atoms with E-state index in [1.54, 1.807) is 7.11 Å². The van der Waals surface area contributed by atoms with Crippen LogP contribution in [0, 0.1) is 0 Å². The van der Waals surface area contributed by atoms with Gasteiger partial charge in [0.05, 0.1) is 7.11 Å². The second-order valence-corrected chi connectivity index (χ2v) is 9.07. The van der Waals surface area contributed by atoms with Gasteiger partial charge in [-0.2, -0.15) is 0 Å². The third kappa shape index (κ3) is 5.21. The molecule has 168 valence electrons. The minimum atomic E-state index is -0.258. The Balaban J connectivity index is 1.39. The Kier molecular flexibility index (Phi) is 6.16. The Morgan fingerprint density at radius 2 is 1.70 bits per heavy atom. The number of anilines is 1. The van der Waals surface area contributed by atoms with E-state index in [0.717, 1.165) is 28.1 Å².